The van der Waals surface area contributed by atoms with E-state index in [-0.39, 0.29) is 0 Å². The van der Waals surface area contributed by atoms with Crippen LogP contribution in [0.5, 0.6) is 0 Å². The first-order valence-electron chi connectivity index (χ1n) is 5.90. The molecule has 1 amide bonds. The second-order valence-corrected chi connectivity index (χ2v) is 4.52. The number of ether oxygens (including phenoxy) is 3. The Hall–Kier alpha value is -0.890. The zero-order valence-electron chi connectivity index (χ0n) is 11.4. The largest absolute Gasteiger partial charge is 0.444 e. The van der Waals surface area contributed by atoms with Crippen molar-refractivity contribution in [2.45, 2.75) is 26.4 Å². The summed E-state index contributed by atoms with van der Waals surface area (Å²) in [5.41, 5.74) is -0.482. The van der Waals surface area contributed by atoms with Gasteiger partial charge in [-0.1, -0.05) is 0 Å². The first kappa shape index (κ1) is 17.1. The minimum Gasteiger partial charge on any atom is -0.444 e. The zero-order valence-corrected chi connectivity index (χ0v) is 11.4. The Balaban J connectivity index is 3.23. The lowest BCUT2D eigenvalue weighted by Gasteiger charge is -2.19. The van der Waals surface area contributed by atoms with Gasteiger partial charge in [0.05, 0.1) is 33.0 Å². The topological polar surface area (TPSA) is 92.0 Å². The van der Waals surface area contributed by atoms with E-state index < -0.39 is 11.7 Å². The van der Waals surface area contributed by atoms with E-state index >= 15 is 0 Å². The van der Waals surface area contributed by atoms with Crippen molar-refractivity contribution in [2.75, 3.05) is 39.6 Å². The van der Waals surface area contributed by atoms with Crippen molar-refractivity contribution < 1.29 is 23.8 Å². The molecule has 0 atom stereocenters. The van der Waals surface area contributed by atoms with E-state index in [9.17, 15) is 4.79 Å². The molecule has 0 unspecified atom stereocenters. The summed E-state index contributed by atoms with van der Waals surface area (Å²) in [6, 6.07) is 0. The van der Waals surface area contributed by atoms with Gasteiger partial charge in [-0.05, 0) is 20.8 Å². The second kappa shape index (κ2) is 10.1. The van der Waals surface area contributed by atoms with Crippen LogP contribution in [0.25, 0.3) is 0 Å². The van der Waals surface area contributed by atoms with E-state index in [1.807, 2.05) is 20.8 Å². The van der Waals surface area contributed by atoms with Crippen molar-refractivity contribution in [3.63, 3.8) is 0 Å². The molecule has 0 spiro atoms. The Bertz CT molecular complexity index is 218. The highest BCUT2D eigenvalue weighted by Crippen LogP contribution is 2.05. The maximum absolute atomic E-state index is 11.2. The maximum atomic E-state index is 11.2. The fourth-order valence-electron chi connectivity index (χ4n) is 0.968. The predicted molar refractivity (Wildman–Crippen MR) is 66.0 cm³/mol. The van der Waals surface area contributed by atoms with E-state index in [0.29, 0.717) is 39.6 Å². The van der Waals surface area contributed by atoms with Gasteiger partial charge in [0.2, 0.25) is 0 Å². The van der Waals surface area contributed by atoms with Crippen molar-refractivity contribution in [1.82, 2.24) is 5.32 Å². The van der Waals surface area contributed by atoms with Crippen LogP contribution in [-0.2, 0) is 19.0 Å². The summed E-state index contributed by atoms with van der Waals surface area (Å²) < 4.78 is 15.4. The lowest BCUT2D eigenvalue weighted by Crippen LogP contribution is -2.34. The van der Waals surface area contributed by atoms with Crippen LogP contribution in [0.3, 0.4) is 0 Å². The summed E-state index contributed by atoms with van der Waals surface area (Å²) in [5.74, 6) is 4.82. The molecule has 0 heterocycles. The molecule has 108 valence electrons. The number of carbonyl (C=O) groups is 1. The molecule has 0 aliphatic rings. The molecular formula is C11H24N2O5. The Kier molecular flexibility index (Phi) is 9.57. The van der Waals surface area contributed by atoms with Gasteiger partial charge in [0.15, 0.2) is 0 Å². The SMILES string of the molecule is CC(C)(C)OC(=O)NCCOCCOCCON. The lowest BCUT2D eigenvalue weighted by atomic mass is 10.2. The third kappa shape index (κ3) is 13.2. The molecule has 0 aliphatic carbocycles. The summed E-state index contributed by atoms with van der Waals surface area (Å²) in [4.78, 5) is 15.6. The molecule has 0 radical (unpaired) electrons. The molecule has 0 aliphatic heterocycles. The number of alkyl carbamates (subject to hydrolysis) is 1. The first-order valence-corrected chi connectivity index (χ1v) is 5.90. The van der Waals surface area contributed by atoms with Crippen molar-refractivity contribution in [1.29, 1.82) is 0 Å². The average Bonchev–Trinajstić information content (AvgIpc) is 2.24. The monoisotopic (exact) mass is 264 g/mol. The fraction of sp³-hybridized carbons (Fsp3) is 0.909. The standard InChI is InChI=1S/C11H24N2O5/c1-11(2,3)18-10(14)13-4-5-15-6-7-16-8-9-17-12/h4-9,12H2,1-3H3,(H,13,14). The number of nitrogens with two attached hydrogens (primary N) is 1. The van der Waals surface area contributed by atoms with Gasteiger partial charge in [-0.15, -0.1) is 0 Å². The van der Waals surface area contributed by atoms with Crippen molar-refractivity contribution in [2.24, 2.45) is 5.90 Å². The number of hydrogen-bond acceptors (Lipinski definition) is 6. The van der Waals surface area contributed by atoms with Gasteiger partial charge in [0.25, 0.3) is 0 Å². The quantitative estimate of drug-likeness (QED) is 0.463. The molecule has 0 saturated heterocycles. The Labute approximate surface area is 108 Å². The Morgan fingerprint density at radius 1 is 1.06 bits per heavy atom. The fourth-order valence-corrected chi connectivity index (χ4v) is 0.968. The molecule has 0 aromatic carbocycles. The normalized spacial score (nSPS) is 11.3. The summed E-state index contributed by atoms with van der Waals surface area (Å²) in [6.07, 6.45) is -0.442. The predicted octanol–water partition coefficient (Wildman–Crippen LogP) is 0.435. The summed E-state index contributed by atoms with van der Waals surface area (Å²) >= 11 is 0. The van der Waals surface area contributed by atoms with Gasteiger partial charge in [-0.2, -0.15) is 0 Å². The minimum absolute atomic E-state index is 0.361. The van der Waals surface area contributed by atoms with Crippen LogP contribution in [0, 0.1) is 0 Å². The molecule has 7 heteroatoms. The van der Waals surface area contributed by atoms with E-state index in [1.165, 1.54) is 0 Å². The summed E-state index contributed by atoms with van der Waals surface area (Å²) in [7, 11) is 0. The molecule has 7 nitrogen and oxygen atoms in total. The number of rotatable bonds is 9. The average molecular weight is 264 g/mol. The summed E-state index contributed by atoms with van der Waals surface area (Å²) in [6.45, 7) is 7.98. The van der Waals surface area contributed by atoms with Gasteiger partial charge in [-0.3, -0.25) is 0 Å². The third-order valence-corrected chi connectivity index (χ3v) is 1.63. The molecule has 0 saturated carbocycles. The van der Waals surface area contributed by atoms with Crippen LogP contribution in [0.15, 0.2) is 0 Å². The highest BCUT2D eigenvalue weighted by atomic mass is 16.6. The van der Waals surface area contributed by atoms with Gasteiger partial charge in [0, 0.05) is 6.54 Å². The van der Waals surface area contributed by atoms with E-state index in [2.05, 4.69) is 10.2 Å². The molecule has 0 aromatic rings. The minimum atomic E-state index is -0.482. The van der Waals surface area contributed by atoms with Gasteiger partial charge in [-0.25, -0.2) is 10.7 Å². The second-order valence-electron chi connectivity index (χ2n) is 4.52. The molecule has 0 aromatic heterocycles. The van der Waals surface area contributed by atoms with Crippen molar-refractivity contribution in [3.05, 3.63) is 0 Å². The number of amides is 1. The maximum Gasteiger partial charge on any atom is 0.407 e. The molecule has 0 fully saturated rings. The van der Waals surface area contributed by atoms with Crippen LogP contribution in [0.1, 0.15) is 20.8 Å². The third-order valence-electron chi connectivity index (χ3n) is 1.63. The van der Waals surface area contributed by atoms with E-state index in [4.69, 9.17) is 20.1 Å². The molecule has 3 N–H and O–H groups in total. The van der Waals surface area contributed by atoms with Crippen LogP contribution in [-0.4, -0.2) is 51.3 Å². The van der Waals surface area contributed by atoms with Crippen LogP contribution < -0.4 is 11.2 Å². The highest BCUT2D eigenvalue weighted by molar-refractivity contribution is 5.67. The van der Waals surface area contributed by atoms with Crippen LogP contribution in [0.4, 0.5) is 4.79 Å². The molecule has 18 heavy (non-hydrogen) atoms. The summed E-state index contributed by atoms with van der Waals surface area (Å²) in [5, 5.41) is 2.59. The zero-order chi connectivity index (χ0) is 13.9. The smallest absolute Gasteiger partial charge is 0.407 e. The number of nitrogens with one attached hydrogen (secondary N) is 1. The highest BCUT2D eigenvalue weighted by Gasteiger charge is 2.15. The van der Waals surface area contributed by atoms with Crippen molar-refractivity contribution >= 4 is 6.09 Å². The first-order chi connectivity index (χ1) is 8.45. The van der Waals surface area contributed by atoms with Gasteiger partial charge < -0.3 is 24.4 Å². The number of carbonyl (C=O) groups excluding carboxylic acids is 1. The van der Waals surface area contributed by atoms with E-state index in [0.717, 1.165) is 0 Å². The lowest BCUT2D eigenvalue weighted by molar-refractivity contribution is 0.0137. The van der Waals surface area contributed by atoms with Crippen LogP contribution >= 0.6 is 0 Å². The molecule has 0 bridgehead atoms. The molecule has 0 rings (SSSR count). The van der Waals surface area contributed by atoms with E-state index in [1.54, 1.807) is 0 Å². The Morgan fingerprint density at radius 2 is 1.61 bits per heavy atom. The van der Waals surface area contributed by atoms with Gasteiger partial charge >= 0.3 is 6.09 Å². The van der Waals surface area contributed by atoms with Gasteiger partial charge in [0.1, 0.15) is 5.60 Å². The molecular weight excluding hydrogens is 240 g/mol. The van der Waals surface area contributed by atoms with Crippen LogP contribution in [0.2, 0.25) is 0 Å². The van der Waals surface area contributed by atoms with Crippen molar-refractivity contribution in [3.8, 4) is 0 Å². The Morgan fingerprint density at radius 3 is 2.17 bits per heavy atom. The number of hydrogen-bond donors (Lipinski definition) is 2.